The molecule has 1 aliphatic carbocycles. The lowest BCUT2D eigenvalue weighted by atomic mass is 9.92. The fourth-order valence-electron chi connectivity index (χ4n) is 2.72. The molecule has 0 fully saturated rings. The molecule has 98 valence electrons. The molecule has 0 bridgehead atoms. The van der Waals surface area contributed by atoms with Gasteiger partial charge in [0.25, 0.3) is 0 Å². The molecule has 3 nitrogen and oxygen atoms in total. The molecule has 0 amide bonds. The van der Waals surface area contributed by atoms with Crippen molar-refractivity contribution in [2.45, 2.75) is 38.8 Å². The number of rotatable bonds is 3. The van der Waals surface area contributed by atoms with Crippen molar-refractivity contribution < 1.29 is 0 Å². The third-order valence-corrected chi connectivity index (χ3v) is 3.88. The Morgan fingerprint density at radius 3 is 3.16 bits per heavy atom. The molecule has 1 N–H and O–H groups in total. The first kappa shape index (κ1) is 12.3. The summed E-state index contributed by atoms with van der Waals surface area (Å²) in [6.07, 6.45) is 9.26. The quantitative estimate of drug-likeness (QED) is 0.914. The van der Waals surface area contributed by atoms with E-state index in [1.54, 1.807) is 0 Å². The van der Waals surface area contributed by atoms with Gasteiger partial charge in [0.05, 0.1) is 11.7 Å². The first-order valence-corrected chi connectivity index (χ1v) is 6.91. The molecule has 3 rings (SSSR count). The summed E-state index contributed by atoms with van der Waals surface area (Å²) in [6.45, 7) is 2.99. The van der Waals surface area contributed by atoms with Crippen LogP contribution in [-0.4, -0.2) is 9.97 Å². The van der Waals surface area contributed by atoms with Crippen molar-refractivity contribution in [1.29, 1.82) is 0 Å². The minimum absolute atomic E-state index is 0.379. The molecule has 0 spiro atoms. The van der Waals surface area contributed by atoms with Crippen LogP contribution in [0.4, 0.5) is 0 Å². The molecular weight excluding hydrogens is 234 g/mol. The predicted octanol–water partition coefficient (Wildman–Crippen LogP) is 2.95. The minimum Gasteiger partial charge on any atom is -0.304 e. The molecular formula is C16H19N3. The normalized spacial score (nSPS) is 18.1. The highest BCUT2D eigenvalue weighted by Crippen LogP contribution is 2.27. The Bertz CT molecular complexity index is 565. The molecule has 0 saturated heterocycles. The molecule has 0 aromatic carbocycles. The summed E-state index contributed by atoms with van der Waals surface area (Å²) in [5.74, 6) is 0. The standard InChI is InChI=1S/C16H19N3/c1-12-7-9-17-10-14(12)11-19-15-6-2-4-13-5-3-8-18-16(13)15/h3,5,7-10,15,19H,2,4,6,11H2,1H3. The van der Waals surface area contributed by atoms with E-state index in [4.69, 9.17) is 0 Å². The van der Waals surface area contributed by atoms with Gasteiger partial charge in [0.1, 0.15) is 0 Å². The summed E-state index contributed by atoms with van der Waals surface area (Å²) >= 11 is 0. The number of aromatic nitrogens is 2. The van der Waals surface area contributed by atoms with Gasteiger partial charge in [-0.1, -0.05) is 6.07 Å². The number of aryl methyl sites for hydroxylation is 2. The first-order chi connectivity index (χ1) is 9.34. The van der Waals surface area contributed by atoms with Crippen molar-refractivity contribution in [3.05, 3.63) is 59.2 Å². The SMILES string of the molecule is Cc1ccncc1CNC1CCCc2cccnc21. The van der Waals surface area contributed by atoms with Crippen LogP contribution >= 0.6 is 0 Å². The minimum atomic E-state index is 0.379. The average Bonchev–Trinajstić information content (AvgIpc) is 2.46. The molecule has 0 aliphatic heterocycles. The van der Waals surface area contributed by atoms with Gasteiger partial charge in [-0.25, -0.2) is 0 Å². The number of hydrogen-bond donors (Lipinski definition) is 1. The first-order valence-electron chi connectivity index (χ1n) is 6.91. The summed E-state index contributed by atoms with van der Waals surface area (Å²) in [6, 6.07) is 6.67. The van der Waals surface area contributed by atoms with Crippen LogP contribution in [0.15, 0.2) is 36.8 Å². The van der Waals surface area contributed by atoms with E-state index in [1.165, 1.54) is 35.2 Å². The van der Waals surface area contributed by atoms with Gasteiger partial charge < -0.3 is 5.32 Å². The van der Waals surface area contributed by atoms with E-state index >= 15 is 0 Å². The number of hydrogen-bond acceptors (Lipinski definition) is 3. The fourth-order valence-corrected chi connectivity index (χ4v) is 2.72. The van der Waals surface area contributed by atoms with E-state index in [9.17, 15) is 0 Å². The Kier molecular flexibility index (Phi) is 3.56. The number of nitrogens with zero attached hydrogens (tertiary/aromatic N) is 2. The van der Waals surface area contributed by atoms with Crippen molar-refractivity contribution >= 4 is 0 Å². The zero-order valence-electron chi connectivity index (χ0n) is 11.3. The van der Waals surface area contributed by atoms with Crippen molar-refractivity contribution in [3.8, 4) is 0 Å². The van der Waals surface area contributed by atoms with Crippen molar-refractivity contribution in [3.63, 3.8) is 0 Å². The number of pyridine rings is 2. The van der Waals surface area contributed by atoms with Gasteiger partial charge in [-0.3, -0.25) is 9.97 Å². The van der Waals surface area contributed by atoms with E-state index in [2.05, 4.69) is 34.3 Å². The smallest absolute Gasteiger partial charge is 0.0605 e. The van der Waals surface area contributed by atoms with Crippen molar-refractivity contribution in [2.75, 3.05) is 0 Å². The second kappa shape index (κ2) is 5.49. The topological polar surface area (TPSA) is 37.8 Å². The Morgan fingerprint density at radius 2 is 2.26 bits per heavy atom. The molecule has 0 saturated carbocycles. The molecule has 2 aromatic rings. The molecule has 2 heterocycles. The summed E-state index contributed by atoms with van der Waals surface area (Å²) < 4.78 is 0. The molecule has 2 aromatic heterocycles. The highest BCUT2D eigenvalue weighted by atomic mass is 14.9. The second-order valence-electron chi connectivity index (χ2n) is 5.18. The van der Waals surface area contributed by atoms with Gasteiger partial charge in [-0.15, -0.1) is 0 Å². The Labute approximate surface area is 114 Å². The molecule has 0 radical (unpaired) electrons. The van der Waals surface area contributed by atoms with Crippen LogP contribution in [0.25, 0.3) is 0 Å². The number of nitrogens with one attached hydrogen (secondary N) is 1. The summed E-state index contributed by atoms with van der Waals surface area (Å²) in [5.41, 5.74) is 5.19. The molecule has 1 aliphatic rings. The lowest BCUT2D eigenvalue weighted by Gasteiger charge is -2.25. The Balaban J connectivity index is 1.73. The van der Waals surface area contributed by atoms with Crippen molar-refractivity contribution in [1.82, 2.24) is 15.3 Å². The van der Waals surface area contributed by atoms with Crippen LogP contribution in [0.5, 0.6) is 0 Å². The maximum absolute atomic E-state index is 4.56. The van der Waals surface area contributed by atoms with E-state index in [0.717, 1.165) is 13.0 Å². The van der Waals surface area contributed by atoms with Gasteiger partial charge in [0.15, 0.2) is 0 Å². The van der Waals surface area contributed by atoms with Crippen LogP contribution in [0.1, 0.15) is 41.3 Å². The lowest BCUT2D eigenvalue weighted by Crippen LogP contribution is -2.26. The van der Waals surface area contributed by atoms with E-state index in [1.807, 2.05) is 24.7 Å². The summed E-state index contributed by atoms with van der Waals surface area (Å²) in [5, 5.41) is 3.63. The summed E-state index contributed by atoms with van der Waals surface area (Å²) in [4.78, 5) is 8.76. The predicted molar refractivity (Wildman–Crippen MR) is 75.7 cm³/mol. The molecule has 3 heteroatoms. The van der Waals surface area contributed by atoms with Gasteiger partial charge in [-0.2, -0.15) is 0 Å². The fraction of sp³-hybridized carbons (Fsp3) is 0.375. The molecule has 1 unspecified atom stereocenters. The van der Waals surface area contributed by atoms with Gasteiger partial charge >= 0.3 is 0 Å². The van der Waals surface area contributed by atoms with Gasteiger partial charge in [-0.05, 0) is 55.0 Å². The van der Waals surface area contributed by atoms with Gasteiger partial charge in [0.2, 0.25) is 0 Å². The number of fused-ring (bicyclic) bond motifs is 1. The second-order valence-corrected chi connectivity index (χ2v) is 5.18. The monoisotopic (exact) mass is 253 g/mol. The zero-order valence-corrected chi connectivity index (χ0v) is 11.3. The third kappa shape index (κ3) is 2.66. The summed E-state index contributed by atoms with van der Waals surface area (Å²) in [7, 11) is 0. The largest absolute Gasteiger partial charge is 0.304 e. The molecule has 19 heavy (non-hydrogen) atoms. The molecule has 1 atom stereocenters. The van der Waals surface area contributed by atoms with E-state index < -0.39 is 0 Å². The lowest BCUT2D eigenvalue weighted by molar-refractivity contribution is 0.447. The Morgan fingerprint density at radius 1 is 1.32 bits per heavy atom. The van der Waals surface area contributed by atoms with Crippen LogP contribution in [0, 0.1) is 6.92 Å². The average molecular weight is 253 g/mol. The van der Waals surface area contributed by atoms with Crippen LogP contribution in [0.2, 0.25) is 0 Å². The third-order valence-electron chi connectivity index (χ3n) is 3.88. The maximum Gasteiger partial charge on any atom is 0.0605 e. The van der Waals surface area contributed by atoms with Crippen LogP contribution < -0.4 is 5.32 Å². The van der Waals surface area contributed by atoms with Crippen LogP contribution in [-0.2, 0) is 13.0 Å². The van der Waals surface area contributed by atoms with Crippen molar-refractivity contribution in [2.24, 2.45) is 0 Å². The highest BCUT2D eigenvalue weighted by molar-refractivity contribution is 5.26. The van der Waals surface area contributed by atoms with Crippen LogP contribution in [0.3, 0.4) is 0 Å². The zero-order chi connectivity index (χ0) is 13.1. The van der Waals surface area contributed by atoms with E-state index in [0.29, 0.717) is 6.04 Å². The highest BCUT2D eigenvalue weighted by Gasteiger charge is 2.20. The van der Waals surface area contributed by atoms with Gasteiger partial charge in [0, 0.05) is 25.1 Å². The van der Waals surface area contributed by atoms with E-state index in [-0.39, 0.29) is 0 Å². The Hall–Kier alpha value is -1.74. The maximum atomic E-state index is 4.56.